The van der Waals surface area contributed by atoms with Crippen molar-refractivity contribution in [3.8, 4) is 0 Å². The molecule has 1 N–H and O–H groups in total. The van der Waals surface area contributed by atoms with E-state index >= 15 is 0 Å². The molecular formula is C11H12BrF2NO4S. The number of halogens is 3. The molecule has 0 radical (unpaired) electrons. The topological polar surface area (TPSA) is 72.5 Å². The molecule has 0 heterocycles. The molecule has 0 saturated carbocycles. The lowest BCUT2D eigenvalue weighted by atomic mass is 10.3. The molecular weight excluding hydrogens is 360 g/mol. The fourth-order valence-electron chi connectivity index (χ4n) is 1.35. The van der Waals surface area contributed by atoms with Gasteiger partial charge in [-0.1, -0.05) is 0 Å². The Labute approximate surface area is 123 Å². The maximum absolute atomic E-state index is 13.5. The van der Waals surface area contributed by atoms with Crippen molar-refractivity contribution in [3.63, 3.8) is 0 Å². The van der Waals surface area contributed by atoms with Crippen molar-refractivity contribution in [1.82, 2.24) is 0 Å². The average molecular weight is 372 g/mol. The molecule has 0 aromatic heterocycles. The average Bonchev–Trinajstić information content (AvgIpc) is 2.33. The molecule has 1 rings (SSSR count). The molecule has 1 aromatic rings. The van der Waals surface area contributed by atoms with E-state index < -0.39 is 27.6 Å². The van der Waals surface area contributed by atoms with Crippen molar-refractivity contribution in [2.45, 2.75) is 12.8 Å². The monoisotopic (exact) mass is 371 g/mol. The third kappa shape index (κ3) is 5.04. The van der Waals surface area contributed by atoms with Crippen LogP contribution < -0.4 is 4.72 Å². The maximum Gasteiger partial charge on any atom is 0.305 e. The molecule has 0 aliphatic carbocycles. The summed E-state index contributed by atoms with van der Waals surface area (Å²) in [6.45, 7) is 0. The van der Waals surface area contributed by atoms with E-state index in [0.29, 0.717) is 6.07 Å². The minimum Gasteiger partial charge on any atom is -0.469 e. The highest BCUT2D eigenvalue weighted by Gasteiger charge is 2.17. The number of rotatable bonds is 6. The molecule has 1 aromatic carbocycles. The zero-order chi connectivity index (χ0) is 15.3. The number of ether oxygens (including phenoxy) is 1. The highest BCUT2D eigenvalue weighted by atomic mass is 79.9. The molecule has 5 nitrogen and oxygen atoms in total. The molecule has 0 bridgehead atoms. The molecule has 0 atom stereocenters. The number of nitrogens with one attached hydrogen (secondary N) is 1. The Morgan fingerprint density at radius 1 is 1.40 bits per heavy atom. The zero-order valence-corrected chi connectivity index (χ0v) is 12.9. The van der Waals surface area contributed by atoms with Crippen LogP contribution in [-0.2, 0) is 19.6 Å². The summed E-state index contributed by atoms with van der Waals surface area (Å²) in [6, 6.07) is 1.51. The first kappa shape index (κ1) is 16.8. The standard InChI is InChI=1S/C11H12BrF2NO4S/c1-19-10(16)3-2-4-20(17,18)15-11-8(12)5-7(13)6-9(11)14/h5-6,15H,2-4H2,1H3. The van der Waals surface area contributed by atoms with Gasteiger partial charge in [0, 0.05) is 17.0 Å². The first-order chi connectivity index (χ1) is 9.25. The third-order valence-electron chi connectivity index (χ3n) is 2.29. The zero-order valence-electron chi connectivity index (χ0n) is 10.5. The minimum atomic E-state index is -3.85. The second-order valence-corrected chi connectivity index (χ2v) is 6.54. The number of hydrogen-bond donors (Lipinski definition) is 1. The van der Waals surface area contributed by atoms with Crippen LogP contribution >= 0.6 is 15.9 Å². The molecule has 0 amide bonds. The molecule has 0 aliphatic rings. The molecule has 0 fully saturated rings. The van der Waals surface area contributed by atoms with Crippen LogP contribution in [0.3, 0.4) is 0 Å². The van der Waals surface area contributed by atoms with Gasteiger partial charge in [-0.3, -0.25) is 9.52 Å². The van der Waals surface area contributed by atoms with Gasteiger partial charge >= 0.3 is 5.97 Å². The first-order valence-corrected chi connectivity index (χ1v) is 7.91. The predicted octanol–water partition coefficient (Wildman–Crippen LogP) is 2.42. The van der Waals surface area contributed by atoms with E-state index in [-0.39, 0.29) is 28.8 Å². The van der Waals surface area contributed by atoms with Gasteiger partial charge in [0.25, 0.3) is 0 Å². The van der Waals surface area contributed by atoms with E-state index in [9.17, 15) is 22.0 Å². The normalized spacial score (nSPS) is 11.2. The van der Waals surface area contributed by atoms with E-state index in [4.69, 9.17) is 0 Å². The van der Waals surface area contributed by atoms with E-state index in [1.807, 2.05) is 4.72 Å². The highest BCUT2D eigenvalue weighted by Crippen LogP contribution is 2.27. The fraction of sp³-hybridized carbons (Fsp3) is 0.364. The molecule has 0 unspecified atom stereocenters. The lowest BCUT2D eigenvalue weighted by Crippen LogP contribution is -2.19. The number of carbonyl (C=O) groups is 1. The maximum atomic E-state index is 13.5. The summed E-state index contributed by atoms with van der Waals surface area (Å²) < 4.78 is 56.1. The van der Waals surface area contributed by atoms with Crippen LogP contribution in [0, 0.1) is 11.6 Å². The van der Waals surface area contributed by atoms with Crippen LogP contribution in [0.4, 0.5) is 14.5 Å². The number of carbonyl (C=O) groups excluding carboxylic acids is 1. The van der Waals surface area contributed by atoms with Gasteiger partial charge in [0.15, 0.2) is 5.82 Å². The summed E-state index contributed by atoms with van der Waals surface area (Å²) in [6.07, 6.45) is -0.0348. The number of methoxy groups -OCH3 is 1. The van der Waals surface area contributed by atoms with Crippen LogP contribution in [0.1, 0.15) is 12.8 Å². The van der Waals surface area contributed by atoms with Crippen LogP contribution in [0.5, 0.6) is 0 Å². The summed E-state index contributed by atoms with van der Waals surface area (Å²) in [7, 11) is -2.65. The van der Waals surface area contributed by atoms with E-state index in [1.165, 1.54) is 7.11 Å². The van der Waals surface area contributed by atoms with E-state index in [1.54, 1.807) is 0 Å². The molecule has 0 spiro atoms. The number of esters is 1. The lowest BCUT2D eigenvalue weighted by molar-refractivity contribution is -0.140. The number of anilines is 1. The van der Waals surface area contributed by atoms with Gasteiger partial charge in [-0.2, -0.15) is 0 Å². The molecule has 9 heteroatoms. The molecule has 0 aliphatic heterocycles. The second kappa shape index (κ2) is 6.98. The number of benzene rings is 1. The van der Waals surface area contributed by atoms with Gasteiger partial charge in [0.2, 0.25) is 10.0 Å². The van der Waals surface area contributed by atoms with Crippen molar-refractivity contribution < 1.29 is 26.7 Å². The van der Waals surface area contributed by atoms with Gasteiger partial charge < -0.3 is 4.74 Å². The van der Waals surface area contributed by atoms with Gasteiger partial charge in [-0.15, -0.1) is 0 Å². The van der Waals surface area contributed by atoms with Gasteiger partial charge in [0.05, 0.1) is 18.6 Å². The predicted molar refractivity (Wildman–Crippen MR) is 72.7 cm³/mol. The Bertz CT molecular complexity index is 583. The van der Waals surface area contributed by atoms with Crippen molar-refractivity contribution in [3.05, 3.63) is 28.2 Å². The molecule has 112 valence electrons. The summed E-state index contributed by atoms with van der Waals surface area (Å²) in [5.41, 5.74) is -0.371. The van der Waals surface area contributed by atoms with Crippen LogP contribution in [-0.4, -0.2) is 27.2 Å². The Morgan fingerprint density at radius 2 is 2.05 bits per heavy atom. The Hall–Kier alpha value is -1.22. The first-order valence-electron chi connectivity index (χ1n) is 5.47. The van der Waals surface area contributed by atoms with Gasteiger partial charge in [-0.05, 0) is 28.4 Å². The summed E-state index contributed by atoms with van der Waals surface area (Å²) in [5.74, 6) is -2.78. The molecule has 0 saturated heterocycles. The fourth-order valence-corrected chi connectivity index (χ4v) is 3.14. The Balaban J connectivity index is 2.74. The quantitative estimate of drug-likeness (QED) is 0.779. The number of sulfonamides is 1. The lowest BCUT2D eigenvalue weighted by Gasteiger charge is -2.10. The highest BCUT2D eigenvalue weighted by molar-refractivity contribution is 9.10. The van der Waals surface area contributed by atoms with Crippen LogP contribution in [0.15, 0.2) is 16.6 Å². The van der Waals surface area contributed by atoms with Crippen LogP contribution in [0.25, 0.3) is 0 Å². The molecule has 20 heavy (non-hydrogen) atoms. The second-order valence-electron chi connectivity index (χ2n) is 3.85. The van der Waals surface area contributed by atoms with Gasteiger partial charge in [0.1, 0.15) is 5.82 Å². The van der Waals surface area contributed by atoms with Crippen molar-refractivity contribution in [2.24, 2.45) is 0 Å². The third-order valence-corrected chi connectivity index (χ3v) is 4.25. The largest absolute Gasteiger partial charge is 0.469 e. The van der Waals surface area contributed by atoms with Gasteiger partial charge in [-0.25, -0.2) is 17.2 Å². The Kier molecular flexibility index (Phi) is 5.88. The smallest absolute Gasteiger partial charge is 0.305 e. The van der Waals surface area contributed by atoms with Crippen molar-refractivity contribution in [1.29, 1.82) is 0 Å². The van der Waals surface area contributed by atoms with E-state index in [0.717, 1.165) is 6.07 Å². The van der Waals surface area contributed by atoms with E-state index in [2.05, 4.69) is 20.7 Å². The number of hydrogen-bond acceptors (Lipinski definition) is 4. The van der Waals surface area contributed by atoms with Crippen LogP contribution in [0.2, 0.25) is 0 Å². The summed E-state index contributed by atoms with van der Waals surface area (Å²) in [5, 5.41) is 0. The van der Waals surface area contributed by atoms with Crippen molar-refractivity contribution in [2.75, 3.05) is 17.6 Å². The SMILES string of the molecule is COC(=O)CCCS(=O)(=O)Nc1c(F)cc(F)cc1Br. The summed E-state index contributed by atoms with van der Waals surface area (Å²) >= 11 is 2.87. The minimum absolute atomic E-state index is 0.0302. The summed E-state index contributed by atoms with van der Waals surface area (Å²) in [4.78, 5) is 10.9. The Morgan fingerprint density at radius 3 is 2.60 bits per heavy atom. The van der Waals surface area contributed by atoms with Crippen molar-refractivity contribution >= 4 is 37.6 Å².